The molecule has 1 unspecified atom stereocenters. The first-order valence-corrected chi connectivity index (χ1v) is 9.13. The number of alkyl halides is 1. The molecule has 0 aromatic heterocycles. The van der Waals surface area contributed by atoms with Gasteiger partial charge in [0.25, 0.3) is 0 Å². The van der Waals surface area contributed by atoms with E-state index in [1.54, 1.807) is 0 Å². The highest BCUT2D eigenvalue weighted by Crippen LogP contribution is 2.32. The average Bonchev–Trinajstić information content (AvgIpc) is 2.91. The summed E-state index contributed by atoms with van der Waals surface area (Å²) in [6.45, 7) is 6.03. The second-order valence-corrected chi connectivity index (χ2v) is 8.03. The maximum Gasteiger partial charge on any atom is 0.243 e. The number of halogens is 2. The molecule has 0 saturated carbocycles. The monoisotopic (exact) mass is 333 g/mol. The molecule has 1 heterocycles. The van der Waals surface area contributed by atoms with Gasteiger partial charge in [-0.15, -0.1) is 11.6 Å². The third-order valence-corrected chi connectivity index (χ3v) is 6.47. The molecule has 0 spiro atoms. The molecule has 21 heavy (non-hydrogen) atoms. The third-order valence-electron chi connectivity index (χ3n) is 4.12. The summed E-state index contributed by atoms with van der Waals surface area (Å²) in [5, 5.41) is 0. The highest BCUT2D eigenvalue weighted by molar-refractivity contribution is 7.89. The fraction of sp³-hybridized carbons (Fsp3) is 0.600. The lowest BCUT2D eigenvalue weighted by Crippen LogP contribution is -2.38. The molecule has 1 saturated heterocycles. The van der Waals surface area contributed by atoms with E-state index in [-0.39, 0.29) is 28.3 Å². The quantitative estimate of drug-likeness (QED) is 0.788. The normalized spacial score (nSPS) is 20.4. The van der Waals surface area contributed by atoms with Crippen molar-refractivity contribution < 1.29 is 12.8 Å². The molecule has 0 bridgehead atoms. The summed E-state index contributed by atoms with van der Waals surface area (Å²) in [7, 11) is -3.68. The molecule has 0 amide bonds. The van der Waals surface area contributed by atoms with Crippen LogP contribution in [0, 0.1) is 18.7 Å². The van der Waals surface area contributed by atoms with Crippen LogP contribution in [0.4, 0.5) is 4.39 Å². The topological polar surface area (TPSA) is 37.4 Å². The summed E-state index contributed by atoms with van der Waals surface area (Å²) in [4.78, 5) is 0.0469. The molecular weight excluding hydrogens is 313 g/mol. The first-order valence-electron chi connectivity index (χ1n) is 7.16. The fourth-order valence-corrected chi connectivity index (χ4v) is 5.18. The minimum Gasteiger partial charge on any atom is -0.207 e. The van der Waals surface area contributed by atoms with E-state index in [0.29, 0.717) is 12.1 Å². The van der Waals surface area contributed by atoms with Crippen molar-refractivity contribution in [2.45, 2.75) is 50.4 Å². The van der Waals surface area contributed by atoms with Crippen molar-refractivity contribution in [3.8, 4) is 0 Å². The van der Waals surface area contributed by atoms with Gasteiger partial charge in [0.15, 0.2) is 0 Å². The molecular formula is C15H21ClFNO2S. The molecule has 3 nitrogen and oxygen atoms in total. The lowest BCUT2D eigenvalue weighted by molar-refractivity contribution is 0.315. The average molecular weight is 334 g/mol. The van der Waals surface area contributed by atoms with Gasteiger partial charge in [0.05, 0.1) is 4.90 Å². The number of sulfonamides is 1. The van der Waals surface area contributed by atoms with Crippen LogP contribution in [0.2, 0.25) is 0 Å². The number of nitrogens with zero attached hydrogens (tertiary/aromatic N) is 1. The maximum atomic E-state index is 14.0. The van der Waals surface area contributed by atoms with Crippen LogP contribution in [-0.2, 0) is 15.9 Å². The summed E-state index contributed by atoms with van der Waals surface area (Å²) in [6, 6.07) is 2.78. The Morgan fingerprint density at radius 1 is 1.43 bits per heavy atom. The molecule has 1 aromatic rings. The van der Waals surface area contributed by atoms with Crippen molar-refractivity contribution in [2.75, 3.05) is 6.54 Å². The van der Waals surface area contributed by atoms with Gasteiger partial charge in [0, 0.05) is 24.0 Å². The van der Waals surface area contributed by atoms with Crippen LogP contribution in [0.25, 0.3) is 0 Å². The predicted octanol–water partition coefficient (Wildman–Crippen LogP) is 3.68. The second-order valence-electron chi connectivity index (χ2n) is 5.90. The Morgan fingerprint density at radius 2 is 2.10 bits per heavy atom. The zero-order chi connectivity index (χ0) is 15.8. The van der Waals surface area contributed by atoms with Gasteiger partial charge in [-0.3, -0.25) is 0 Å². The van der Waals surface area contributed by atoms with Crippen LogP contribution < -0.4 is 0 Å². The SMILES string of the molecule is Cc1c(F)cc(CCl)cc1S(=O)(=O)N1CCCC1C(C)C. The van der Waals surface area contributed by atoms with E-state index in [9.17, 15) is 12.8 Å². The summed E-state index contributed by atoms with van der Waals surface area (Å²) in [6.07, 6.45) is 1.70. The van der Waals surface area contributed by atoms with Crippen LogP contribution >= 0.6 is 11.6 Å². The number of hydrogen-bond donors (Lipinski definition) is 0. The highest BCUT2D eigenvalue weighted by atomic mass is 35.5. The molecule has 0 radical (unpaired) electrons. The van der Waals surface area contributed by atoms with E-state index in [2.05, 4.69) is 0 Å². The van der Waals surface area contributed by atoms with Gasteiger partial charge in [0.2, 0.25) is 10.0 Å². The van der Waals surface area contributed by atoms with Gasteiger partial charge in [-0.1, -0.05) is 13.8 Å². The first kappa shape index (κ1) is 16.7. The molecule has 1 aromatic carbocycles. The van der Waals surface area contributed by atoms with Crippen molar-refractivity contribution in [3.63, 3.8) is 0 Å². The molecule has 118 valence electrons. The zero-order valence-electron chi connectivity index (χ0n) is 12.6. The molecule has 2 rings (SSSR count). The van der Waals surface area contributed by atoms with E-state index in [1.807, 2.05) is 13.8 Å². The Morgan fingerprint density at radius 3 is 2.67 bits per heavy atom. The van der Waals surface area contributed by atoms with Crippen LogP contribution in [0.3, 0.4) is 0 Å². The molecule has 0 aliphatic carbocycles. The van der Waals surface area contributed by atoms with Crippen molar-refractivity contribution in [1.82, 2.24) is 4.31 Å². The Bertz CT molecular complexity index is 631. The van der Waals surface area contributed by atoms with Crippen molar-refractivity contribution in [3.05, 3.63) is 29.1 Å². The van der Waals surface area contributed by atoms with E-state index >= 15 is 0 Å². The smallest absolute Gasteiger partial charge is 0.207 e. The van der Waals surface area contributed by atoms with Gasteiger partial charge >= 0.3 is 0 Å². The van der Waals surface area contributed by atoms with Crippen LogP contribution in [0.5, 0.6) is 0 Å². The van der Waals surface area contributed by atoms with Crippen molar-refractivity contribution in [2.24, 2.45) is 5.92 Å². The minimum absolute atomic E-state index is 0.0166. The Labute approximate surface area is 131 Å². The number of benzene rings is 1. The molecule has 1 aliphatic heterocycles. The van der Waals surface area contributed by atoms with Crippen molar-refractivity contribution in [1.29, 1.82) is 0 Å². The summed E-state index contributed by atoms with van der Waals surface area (Å²) < 4.78 is 41.3. The summed E-state index contributed by atoms with van der Waals surface area (Å²) >= 11 is 5.74. The Balaban J connectivity index is 2.51. The lowest BCUT2D eigenvalue weighted by atomic mass is 10.0. The number of hydrogen-bond acceptors (Lipinski definition) is 2. The second kappa shape index (κ2) is 6.23. The lowest BCUT2D eigenvalue weighted by Gasteiger charge is -2.27. The zero-order valence-corrected chi connectivity index (χ0v) is 14.1. The largest absolute Gasteiger partial charge is 0.243 e. The number of rotatable bonds is 4. The van der Waals surface area contributed by atoms with E-state index in [4.69, 9.17) is 11.6 Å². The molecule has 1 aliphatic rings. The van der Waals surface area contributed by atoms with E-state index in [0.717, 1.165) is 12.8 Å². The fourth-order valence-electron chi connectivity index (χ4n) is 2.91. The summed E-state index contributed by atoms with van der Waals surface area (Å²) in [5.74, 6) is -0.191. The van der Waals surface area contributed by atoms with Gasteiger partial charge in [-0.2, -0.15) is 4.31 Å². The van der Waals surface area contributed by atoms with Gasteiger partial charge in [-0.25, -0.2) is 12.8 Å². The maximum absolute atomic E-state index is 14.0. The molecule has 6 heteroatoms. The van der Waals surface area contributed by atoms with Gasteiger partial charge in [-0.05, 0) is 43.4 Å². The third kappa shape index (κ3) is 3.10. The first-order chi connectivity index (χ1) is 9.78. The molecule has 0 N–H and O–H groups in total. The van der Waals surface area contributed by atoms with Gasteiger partial charge < -0.3 is 0 Å². The van der Waals surface area contributed by atoms with E-state index in [1.165, 1.54) is 23.4 Å². The van der Waals surface area contributed by atoms with Gasteiger partial charge in [0.1, 0.15) is 5.82 Å². The minimum atomic E-state index is -3.68. The molecule has 1 fully saturated rings. The Kier molecular flexibility index (Phi) is 4.96. The molecule has 1 atom stereocenters. The predicted molar refractivity (Wildman–Crippen MR) is 82.4 cm³/mol. The Hall–Kier alpha value is -0.650. The van der Waals surface area contributed by atoms with E-state index < -0.39 is 15.8 Å². The standard InChI is InChI=1S/C15H21ClFNO2S/c1-10(2)14-5-4-6-18(14)21(19,20)15-8-12(9-16)7-13(17)11(15)3/h7-8,10,14H,4-6,9H2,1-3H3. The van der Waals surface area contributed by atoms with Crippen LogP contribution in [0.15, 0.2) is 17.0 Å². The summed E-state index contributed by atoms with van der Waals surface area (Å²) in [5.41, 5.74) is 0.650. The highest BCUT2D eigenvalue weighted by Gasteiger charge is 2.37. The van der Waals surface area contributed by atoms with Crippen LogP contribution in [0.1, 0.15) is 37.8 Å². The van der Waals surface area contributed by atoms with Crippen molar-refractivity contribution >= 4 is 21.6 Å². The van der Waals surface area contributed by atoms with Crippen LogP contribution in [-0.4, -0.2) is 25.3 Å².